The van der Waals surface area contributed by atoms with Crippen LogP contribution in [0.5, 0.6) is 5.75 Å². The van der Waals surface area contributed by atoms with Gasteiger partial charge in [0.25, 0.3) is 15.9 Å². The highest BCUT2D eigenvalue weighted by molar-refractivity contribution is 7.92. The molecule has 0 saturated heterocycles. The first-order valence-electron chi connectivity index (χ1n) is 8.80. The van der Waals surface area contributed by atoms with Gasteiger partial charge in [0, 0.05) is 11.1 Å². The van der Waals surface area contributed by atoms with Gasteiger partial charge in [-0.05, 0) is 38.5 Å². The van der Waals surface area contributed by atoms with Gasteiger partial charge in [-0.25, -0.2) is 18.6 Å². The van der Waals surface area contributed by atoms with E-state index in [0.29, 0.717) is 0 Å². The third-order valence-electron chi connectivity index (χ3n) is 4.06. The van der Waals surface area contributed by atoms with Crippen LogP contribution in [0.25, 0.3) is 0 Å². The van der Waals surface area contributed by atoms with E-state index >= 15 is 0 Å². The maximum absolute atomic E-state index is 12.9. The number of methoxy groups -OCH3 is 1. The molecule has 3 N–H and O–H groups in total. The van der Waals surface area contributed by atoms with Crippen LogP contribution in [0.2, 0.25) is 5.02 Å². The number of rotatable bonds is 6. The van der Waals surface area contributed by atoms with E-state index in [0.717, 1.165) is 5.56 Å². The van der Waals surface area contributed by atoms with Gasteiger partial charge in [-0.15, -0.1) is 0 Å². The molecule has 0 aliphatic heterocycles. The summed E-state index contributed by atoms with van der Waals surface area (Å²) in [5, 5.41) is 0.173. The molecule has 0 atom stereocenters. The summed E-state index contributed by atoms with van der Waals surface area (Å²) >= 11 is 6.18. The van der Waals surface area contributed by atoms with E-state index in [9.17, 15) is 18.0 Å². The number of halogens is 1. The van der Waals surface area contributed by atoms with E-state index in [4.69, 9.17) is 16.3 Å². The van der Waals surface area contributed by atoms with Gasteiger partial charge >= 0.3 is 6.09 Å². The molecule has 162 valence electrons. The maximum atomic E-state index is 12.9. The number of hydrazine groups is 1. The molecule has 2 aromatic rings. The van der Waals surface area contributed by atoms with Gasteiger partial charge < -0.3 is 9.47 Å². The Labute approximate surface area is 179 Å². The molecule has 0 radical (unpaired) electrons. The minimum atomic E-state index is -4.05. The van der Waals surface area contributed by atoms with Crippen LogP contribution >= 0.6 is 11.6 Å². The zero-order valence-corrected chi connectivity index (χ0v) is 18.4. The lowest BCUT2D eigenvalue weighted by molar-refractivity contribution is 0.0912. The van der Waals surface area contributed by atoms with Crippen LogP contribution in [-0.2, 0) is 14.8 Å². The smallest absolute Gasteiger partial charge is 0.426 e. The van der Waals surface area contributed by atoms with E-state index < -0.39 is 22.0 Å². The Hall–Kier alpha value is -2.98. The van der Waals surface area contributed by atoms with Crippen molar-refractivity contribution in [2.75, 3.05) is 18.4 Å². The molecule has 11 heteroatoms. The van der Waals surface area contributed by atoms with Crippen molar-refractivity contribution in [2.45, 2.75) is 25.7 Å². The molecule has 9 nitrogen and oxygen atoms in total. The number of sulfonamides is 1. The number of ether oxygens (including phenoxy) is 2. The molecule has 0 heterocycles. The summed E-state index contributed by atoms with van der Waals surface area (Å²) in [5.41, 5.74) is 5.16. The number of carbonyl (C=O) groups is 2. The SMILES string of the molecule is CCOC(=O)NNC(=O)c1c(C)c(Cl)cc(OC)c1NS(=O)(=O)c1ccc(C)cc1. The summed E-state index contributed by atoms with van der Waals surface area (Å²) in [7, 11) is -2.74. The maximum Gasteiger partial charge on any atom is 0.426 e. The molecule has 2 rings (SSSR count). The van der Waals surface area contributed by atoms with E-state index in [1.807, 2.05) is 6.92 Å². The standard InChI is InChI=1S/C19H22ClN3O6S/c1-5-29-19(25)22-21-18(24)16-12(3)14(20)10-15(28-4)17(16)23-30(26,27)13-8-6-11(2)7-9-13/h6-10,23H,5H2,1-4H3,(H,21,24)(H,22,25). The fourth-order valence-electron chi connectivity index (χ4n) is 2.52. The summed E-state index contributed by atoms with van der Waals surface area (Å²) in [4.78, 5) is 24.2. The minimum absolute atomic E-state index is 0.00115. The van der Waals surface area contributed by atoms with Gasteiger partial charge in [0.1, 0.15) is 11.4 Å². The molecule has 0 unspecified atom stereocenters. The fraction of sp³-hybridized carbons (Fsp3) is 0.263. The first-order chi connectivity index (χ1) is 14.1. The first-order valence-corrected chi connectivity index (χ1v) is 10.7. The molecule has 2 aromatic carbocycles. The summed E-state index contributed by atoms with van der Waals surface area (Å²) in [5.74, 6) is -0.787. The Morgan fingerprint density at radius 1 is 1.10 bits per heavy atom. The third kappa shape index (κ3) is 5.33. The van der Waals surface area contributed by atoms with Gasteiger partial charge in [-0.1, -0.05) is 29.3 Å². The minimum Gasteiger partial charge on any atom is -0.494 e. The topological polar surface area (TPSA) is 123 Å². The van der Waals surface area contributed by atoms with Gasteiger partial charge in [-0.2, -0.15) is 0 Å². The lowest BCUT2D eigenvalue weighted by Crippen LogP contribution is -2.42. The predicted molar refractivity (Wildman–Crippen MR) is 112 cm³/mol. The zero-order chi connectivity index (χ0) is 22.5. The van der Waals surface area contributed by atoms with Crippen molar-refractivity contribution >= 4 is 39.3 Å². The summed E-state index contributed by atoms with van der Waals surface area (Å²) < 4.78 is 38.1. The average molecular weight is 456 g/mol. The quantitative estimate of drug-likeness (QED) is 0.575. The number of carbonyl (C=O) groups excluding carboxylic acids is 2. The number of aryl methyl sites for hydroxylation is 1. The summed E-state index contributed by atoms with van der Waals surface area (Å²) in [6.07, 6.45) is -0.876. The van der Waals surface area contributed by atoms with Crippen LogP contribution in [-0.4, -0.2) is 34.1 Å². The van der Waals surface area contributed by atoms with Crippen molar-refractivity contribution in [3.63, 3.8) is 0 Å². The van der Waals surface area contributed by atoms with Crippen LogP contribution < -0.4 is 20.3 Å². The number of nitrogens with one attached hydrogen (secondary N) is 3. The van der Waals surface area contributed by atoms with Crippen LogP contribution in [0.15, 0.2) is 35.2 Å². The number of anilines is 1. The molecule has 0 aliphatic rings. The van der Waals surface area contributed by atoms with Crippen LogP contribution in [0.1, 0.15) is 28.4 Å². The third-order valence-corrected chi connectivity index (χ3v) is 5.81. The highest BCUT2D eigenvalue weighted by atomic mass is 35.5. The fourth-order valence-corrected chi connectivity index (χ4v) is 3.80. The van der Waals surface area contributed by atoms with Crippen molar-refractivity contribution in [1.82, 2.24) is 10.9 Å². The van der Waals surface area contributed by atoms with Crippen molar-refractivity contribution < 1.29 is 27.5 Å². The number of benzene rings is 2. The first kappa shape index (κ1) is 23.3. The second-order valence-corrected chi connectivity index (χ2v) is 8.24. The Morgan fingerprint density at radius 2 is 1.73 bits per heavy atom. The van der Waals surface area contributed by atoms with E-state index in [-0.39, 0.29) is 39.1 Å². The summed E-state index contributed by atoms with van der Waals surface area (Å²) in [6, 6.07) is 7.56. The van der Waals surface area contributed by atoms with Crippen molar-refractivity contribution in [3.05, 3.63) is 52.0 Å². The molecule has 0 saturated carbocycles. The Bertz CT molecular complexity index is 1050. The van der Waals surface area contributed by atoms with Crippen LogP contribution in [0, 0.1) is 13.8 Å². The van der Waals surface area contributed by atoms with Crippen LogP contribution in [0.4, 0.5) is 10.5 Å². The highest BCUT2D eigenvalue weighted by Gasteiger charge is 2.26. The molecular weight excluding hydrogens is 434 g/mol. The number of hydrogen-bond donors (Lipinski definition) is 3. The summed E-state index contributed by atoms with van der Waals surface area (Å²) in [6.45, 7) is 5.07. The van der Waals surface area contributed by atoms with E-state index in [1.54, 1.807) is 19.1 Å². The van der Waals surface area contributed by atoms with Crippen molar-refractivity contribution in [2.24, 2.45) is 0 Å². The van der Waals surface area contributed by atoms with Gasteiger partial charge in [-0.3, -0.25) is 14.9 Å². The van der Waals surface area contributed by atoms with Gasteiger partial charge in [0.2, 0.25) is 0 Å². The van der Waals surface area contributed by atoms with Crippen molar-refractivity contribution in [1.29, 1.82) is 0 Å². The second kappa shape index (κ2) is 9.68. The largest absolute Gasteiger partial charge is 0.494 e. The van der Waals surface area contributed by atoms with Gasteiger partial charge in [0.15, 0.2) is 0 Å². The monoisotopic (exact) mass is 455 g/mol. The molecular formula is C19H22ClN3O6S. The molecule has 0 spiro atoms. The Morgan fingerprint density at radius 3 is 2.30 bits per heavy atom. The van der Waals surface area contributed by atoms with Crippen molar-refractivity contribution in [3.8, 4) is 5.75 Å². The molecule has 0 aliphatic carbocycles. The van der Waals surface area contributed by atoms with E-state index in [1.165, 1.54) is 32.2 Å². The van der Waals surface area contributed by atoms with Crippen LogP contribution in [0.3, 0.4) is 0 Å². The highest BCUT2D eigenvalue weighted by Crippen LogP contribution is 2.37. The molecule has 0 aromatic heterocycles. The normalized spacial score (nSPS) is 10.8. The second-order valence-electron chi connectivity index (χ2n) is 6.15. The average Bonchev–Trinajstić information content (AvgIpc) is 2.69. The molecule has 2 amide bonds. The molecule has 0 bridgehead atoms. The zero-order valence-electron chi connectivity index (χ0n) is 16.8. The predicted octanol–water partition coefficient (Wildman–Crippen LogP) is 3.16. The molecule has 0 fully saturated rings. The Balaban J connectivity index is 2.49. The lowest BCUT2D eigenvalue weighted by atomic mass is 10.1. The Kier molecular flexibility index (Phi) is 7.52. The van der Waals surface area contributed by atoms with Gasteiger partial charge in [0.05, 0.1) is 24.2 Å². The number of amides is 2. The molecule has 30 heavy (non-hydrogen) atoms. The lowest BCUT2D eigenvalue weighted by Gasteiger charge is -2.19. The number of hydrogen-bond acceptors (Lipinski definition) is 6. The van der Waals surface area contributed by atoms with E-state index in [2.05, 4.69) is 20.3 Å².